The first-order chi connectivity index (χ1) is 14.2. The highest BCUT2D eigenvalue weighted by molar-refractivity contribution is 6.02. The van der Waals surface area contributed by atoms with Gasteiger partial charge in [0.15, 0.2) is 0 Å². The van der Waals surface area contributed by atoms with E-state index in [0.717, 1.165) is 12.1 Å². The van der Waals surface area contributed by atoms with Crippen molar-refractivity contribution in [2.24, 2.45) is 0 Å². The maximum absolute atomic E-state index is 13.0. The number of nitrogens with one attached hydrogen (secondary N) is 1. The fraction of sp³-hybridized carbons (Fsp3) is 0.190. The number of ether oxygens (including phenoxy) is 1. The van der Waals surface area contributed by atoms with Crippen molar-refractivity contribution in [1.29, 1.82) is 0 Å². The second-order valence-corrected chi connectivity index (χ2v) is 6.48. The van der Waals surface area contributed by atoms with Crippen molar-refractivity contribution in [1.82, 2.24) is 5.16 Å². The molecule has 156 valence electrons. The van der Waals surface area contributed by atoms with Crippen LogP contribution in [0.25, 0.3) is 11.1 Å². The summed E-state index contributed by atoms with van der Waals surface area (Å²) in [5.41, 5.74) is 0.433. The third-order valence-corrected chi connectivity index (χ3v) is 4.24. The van der Waals surface area contributed by atoms with E-state index in [9.17, 15) is 22.8 Å². The number of aromatic nitrogens is 1. The molecule has 9 heteroatoms. The van der Waals surface area contributed by atoms with E-state index in [2.05, 4.69) is 10.5 Å². The van der Waals surface area contributed by atoms with Crippen molar-refractivity contribution in [3.63, 3.8) is 0 Å². The molecular formula is C21H17F3N2O4. The molecule has 0 aliphatic rings. The molecule has 3 aromatic rings. The molecule has 1 heterocycles. The summed E-state index contributed by atoms with van der Waals surface area (Å²) in [5.74, 6) is -0.629. The number of hydrogen-bond acceptors (Lipinski definition) is 5. The van der Waals surface area contributed by atoms with Gasteiger partial charge in [0, 0.05) is 6.07 Å². The van der Waals surface area contributed by atoms with Crippen LogP contribution in [-0.2, 0) is 22.1 Å². The summed E-state index contributed by atoms with van der Waals surface area (Å²) in [5, 5.41) is 6.33. The molecule has 0 aliphatic carbocycles. The van der Waals surface area contributed by atoms with Gasteiger partial charge in [0.1, 0.15) is 5.76 Å². The summed E-state index contributed by atoms with van der Waals surface area (Å²) in [6, 6.07) is 10.7. The largest absolute Gasteiger partial charge is 0.465 e. The third kappa shape index (κ3) is 4.86. The molecule has 0 fully saturated rings. The number of alkyl halides is 3. The van der Waals surface area contributed by atoms with Crippen LogP contribution in [0, 0.1) is 6.92 Å². The summed E-state index contributed by atoms with van der Waals surface area (Å²) in [6.45, 7) is 1.69. The van der Waals surface area contributed by atoms with Gasteiger partial charge in [-0.05, 0) is 42.3 Å². The summed E-state index contributed by atoms with van der Waals surface area (Å²) in [4.78, 5) is 24.5. The predicted molar refractivity (Wildman–Crippen MR) is 102 cm³/mol. The lowest BCUT2D eigenvalue weighted by molar-refractivity contribution is -0.137. The minimum Gasteiger partial charge on any atom is -0.465 e. The van der Waals surface area contributed by atoms with Crippen LogP contribution in [0.1, 0.15) is 27.4 Å². The topological polar surface area (TPSA) is 81.4 Å². The average molecular weight is 418 g/mol. The summed E-state index contributed by atoms with van der Waals surface area (Å²) in [6.07, 6.45) is -4.57. The highest BCUT2D eigenvalue weighted by atomic mass is 19.4. The first-order valence-corrected chi connectivity index (χ1v) is 8.79. The van der Waals surface area contributed by atoms with Gasteiger partial charge in [-0.15, -0.1) is 0 Å². The van der Waals surface area contributed by atoms with E-state index < -0.39 is 23.6 Å². The van der Waals surface area contributed by atoms with E-state index in [1.165, 1.54) is 37.4 Å². The Morgan fingerprint density at radius 1 is 1.10 bits per heavy atom. The van der Waals surface area contributed by atoms with Crippen molar-refractivity contribution in [3.05, 3.63) is 71.1 Å². The van der Waals surface area contributed by atoms with E-state index >= 15 is 0 Å². The average Bonchev–Trinajstić information content (AvgIpc) is 3.11. The Balaban J connectivity index is 1.91. The lowest BCUT2D eigenvalue weighted by Gasteiger charge is -2.13. The van der Waals surface area contributed by atoms with E-state index in [1.807, 2.05) is 0 Å². The summed E-state index contributed by atoms with van der Waals surface area (Å²) < 4.78 is 48.7. The number of esters is 1. The number of amides is 1. The fourth-order valence-corrected chi connectivity index (χ4v) is 2.85. The van der Waals surface area contributed by atoms with Crippen LogP contribution >= 0.6 is 0 Å². The van der Waals surface area contributed by atoms with Crippen molar-refractivity contribution in [3.8, 4) is 11.1 Å². The molecule has 0 saturated heterocycles. The molecule has 2 aromatic carbocycles. The number of nitrogens with zero attached hydrogens (tertiary/aromatic N) is 1. The van der Waals surface area contributed by atoms with Crippen LogP contribution in [0.2, 0.25) is 0 Å². The Morgan fingerprint density at radius 3 is 2.47 bits per heavy atom. The number of anilines is 1. The van der Waals surface area contributed by atoms with Gasteiger partial charge in [-0.1, -0.05) is 23.4 Å². The highest BCUT2D eigenvalue weighted by Gasteiger charge is 2.30. The van der Waals surface area contributed by atoms with Gasteiger partial charge in [-0.25, -0.2) is 4.79 Å². The number of benzene rings is 2. The predicted octanol–water partition coefficient (Wildman–Crippen LogP) is 4.64. The Labute approximate surface area is 169 Å². The lowest BCUT2D eigenvalue weighted by atomic mass is 9.99. The molecule has 0 radical (unpaired) electrons. The monoisotopic (exact) mass is 418 g/mol. The van der Waals surface area contributed by atoms with E-state index in [-0.39, 0.29) is 23.2 Å². The maximum Gasteiger partial charge on any atom is 0.416 e. The summed E-state index contributed by atoms with van der Waals surface area (Å²) >= 11 is 0. The number of halogens is 3. The molecule has 1 amide bonds. The van der Waals surface area contributed by atoms with Crippen LogP contribution in [0.4, 0.5) is 18.9 Å². The van der Waals surface area contributed by atoms with Gasteiger partial charge in [0.25, 0.3) is 0 Å². The molecule has 0 aliphatic heterocycles. The van der Waals surface area contributed by atoms with Crippen LogP contribution in [0.3, 0.4) is 0 Å². The number of rotatable bonds is 5. The van der Waals surface area contributed by atoms with Gasteiger partial charge in [-0.2, -0.15) is 13.2 Å². The molecule has 30 heavy (non-hydrogen) atoms. The van der Waals surface area contributed by atoms with Crippen LogP contribution in [-0.4, -0.2) is 24.1 Å². The van der Waals surface area contributed by atoms with Crippen molar-refractivity contribution < 1.29 is 32.0 Å². The number of carbonyl (C=O) groups is 2. The molecule has 0 saturated carbocycles. The van der Waals surface area contributed by atoms with E-state index in [4.69, 9.17) is 9.26 Å². The second kappa shape index (κ2) is 8.40. The molecular weight excluding hydrogens is 401 g/mol. The van der Waals surface area contributed by atoms with Gasteiger partial charge >= 0.3 is 12.1 Å². The molecule has 1 N–H and O–H groups in total. The summed E-state index contributed by atoms with van der Waals surface area (Å²) in [7, 11) is 1.17. The van der Waals surface area contributed by atoms with Gasteiger partial charge in [-0.3, -0.25) is 4.79 Å². The molecule has 0 bridgehead atoms. The molecule has 3 rings (SSSR count). The standard InChI is InChI=1S/C21H17F3N2O4/c1-12-8-16(26-30-12)11-19(27)25-18-7-6-14(10-17(18)20(28)29-2)13-4-3-5-15(9-13)21(22,23)24/h3-10H,11H2,1-2H3,(H,25,27). The first-order valence-electron chi connectivity index (χ1n) is 8.79. The number of aryl methyl sites for hydroxylation is 1. The molecule has 0 atom stereocenters. The number of carbonyl (C=O) groups excluding carboxylic acids is 2. The molecule has 0 spiro atoms. The Kier molecular flexibility index (Phi) is 5.91. The quantitative estimate of drug-likeness (QED) is 0.611. The smallest absolute Gasteiger partial charge is 0.416 e. The van der Waals surface area contributed by atoms with Gasteiger partial charge < -0.3 is 14.6 Å². The molecule has 0 unspecified atom stereocenters. The van der Waals surface area contributed by atoms with Crippen LogP contribution < -0.4 is 5.32 Å². The SMILES string of the molecule is COC(=O)c1cc(-c2cccc(C(F)(F)F)c2)ccc1NC(=O)Cc1cc(C)on1. The third-order valence-electron chi connectivity index (χ3n) is 4.24. The number of hydrogen-bond donors (Lipinski definition) is 1. The first kappa shape index (κ1) is 21.1. The Bertz CT molecular complexity index is 1090. The minimum atomic E-state index is -4.49. The van der Waals surface area contributed by atoms with Crippen molar-refractivity contribution in [2.75, 3.05) is 12.4 Å². The van der Waals surface area contributed by atoms with E-state index in [1.54, 1.807) is 13.0 Å². The van der Waals surface area contributed by atoms with Crippen molar-refractivity contribution >= 4 is 17.6 Å². The van der Waals surface area contributed by atoms with Gasteiger partial charge in [0.05, 0.1) is 36.0 Å². The second-order valence-electron chi connectivity index (χ2n) is 6.48. The Hall–Kier alpha value is -3.62. The molecule has 1 aromatic heterocycles. The van der Waals surface area contributed by atoms with Crippen molar-refractivity contribution in [2.45, 2.75) is 19.5 Å². The highest BCUT2D eigenvalue weighted by Crippen LogP contribution is 2.33. The minimum absolute atomic E-state index is 0.0112. The van der Waals surface area contributed by atoms with Gasteiger partial charge in [0.2, 0.25) is 5.91 Å². The maximum atomic E-state index is 13.0. The fourth-order valence-electron chi connectivity index (χ4n) is 2.85. The van der Waals surface area contributed by atoms with Crippen LogP contribution in [0.5, 0.6) is 0 Å². The van der Waals surface area contributed by atoms with E-state index in [0.29, 0.717) is 17.0 Å². The normalized spacial score (nSPS) is 11.2. The molecule has 6 nitrogen and oxygen atoms in total. The zero-order chi connectivity index (χ0) is 21.9. The zero-order valence-corrected chi connectivity index (χ0v) is 16.0. The van der Waals surface area contributed by atoms with Crippen LogP contribution in [0.15, 0.2) is 53.1 Å². The Morgan fingerprint density at radius 2 is 1.83 bits per heavy atom. The lowest BCUT2D eigenvalue weighted by Crippen LogP contribution is -2.17. The zero-order valence-electron chi connectivity index (χ0n) is 16.0. The number of methoxy groups -OCH3 is 1.